The van der Waals surface area contributed by atoms with E-state index in [0.29, 0.717) is 11.6 Å². The Bertz CT molecular complexity index is 855. The minimum atomic E-state index is -0.140. The lowest BCUT2D eigenvalue weighted by Crippen LogP contribution is -2.22. The van der Waals surface area contributed by atoms with Crippen molar-refractivity contribution in [3.8, 4) is 17.0 Å². The lowest BCUT2D eigenvalue weighted by molar-refractivity contribution is 0.414. The number of nitrogens with zero attached hydrogens (tertiary/aromatic N) is 2. The van der Waals surface area contributed by atoms with Crippen molar-refractivity contribution in [2.45, 2.75) is 6.54 Å². The lowest BCUT2D eigenvalue weighted by atomic mass is 10.1. The van der Waals surface area contributed by atoms with Gasteiger partial charge in [-0.1, -0.05) is 35.9 Å². The first-order chi connectivity index (χ1) is 11.2. The molecule has 3 rings (SSSR count). The molecule has 2 aromatic carbocycles. The third-order valence-electron chi connectivity index (χ3n) is 3.50. The Labute approximate surface area is 138 Å². The van der Waals surface area contributed by atoms with E-state index in [1.54, 1.807) is 25.3 Å². The van der Waals surface area contributed by atoms with Crippen LogP contribution in [0.15, 0.2) is 65.5 Å². The van der Waals surface area contributed by atoms with Gasteiger partial charge in [0.2, 0.25) is 0 Å². The van der Waals surface area contributed by atoms with E-state index in [2.05, 4.69) is 5.10 Å². The highest BCUT2D eigenvalue weighted by molar-refractivity contribution is 6.30. The Kier molecular flexibility index (Phi) is 4.44. The second kappa shape index (κ2) is 6.67. The molecule has 0 fully saturated rings. The average Bonchev–Trinajstić information content (AvgIpc) is 2.58. The van der Waals surface area contributed by atoms with Gasteiger partial charge in [0, 0.05) is 16.7 Å². The van der Waals surface area contributed by atoms with Crippen molar-refractivity contribution >= 4 is 11.6 Å². The van der Waals surface area contributed by atoms with Crippen LogP contribution in [0.3, 0.4) is 0 Å². The Morgan fingerprint density at radius 2 is 1.70 bits per heavy atom. The highest BCUT2D eigenvalue weighted by atomic mass is 35.5. The van der Waals surface area contributed by atoms with Crippen molar-refractivity contribution in [3.63, 3.8) is 0 Å². The molecule has 0 N–H and O–H groups in total. The van der Waals surface area contributed by atoms with Crippen LogP contribution in [0.25, 0.3) is 11.3 Å². The maximum Gasteiger partial charge on any atom is 0.267 e. The Hall–Kier alpha value is -2.59. The third-order valence-corrected chi connectivity index (χ3v) is 3.75. The molecule has 116 valence electrons. The van der Waals surface area contributed by atoms with Gasteiger partial charge in [-0.2, -0.15) is 5.10 Å². The van der Waals surface area contributed by atoms with Crippen LogP contribution in [0.5, 0.6) is 5.75 Å². The average molecular weight is 327 g/mol. The zero-order valence-corrected chi connectivity index (χ0v) is 13.3. The van der Waals surface area contributed by atoms with Gasteiger partial charge in [0.15, 0.2) is 0 Å². The standard InChI is InChI=1S/C18H15ClN2O2/c1-23-16-8-2-13(3-9-16)12-21-18(22)11-10-17(20-21)14-4-6-15(19)7-5-14/h2-11H,12H2,1H3. The summed E-state index contributed by atoms with van der Waals surface area (Å²) in [5, 5.41) is 5.11. The van der Waals surface area contributed by atoms with Gasteiger partial charge >= 0.3 is 0 Å². The molecule has 3 aromatic rings. The molecule has 23 heavy (non-hydrogen) atoms. The van der Waals surface area contributed by atoms with Crippen molar-refractivity contribution < 1.29 is 4.74 Å². The molecule has 0 radical (unpaired) electrons. The maximum absolute atomic E-state index is 12.0. The molecular weight excluding hydrogens is 312 g/mol. The van der Waals surface area contributed by atoms with Gasteiger partial charge in [0.05, 0.1) is 19.3 Å². The van der Waals surface area contributed by atoms with Gasteiger partial charge in [-0.15, -0.1) is 0 Å². The van der Waals surface area contributed by atoms with E-state index < -0.39 is 0 Å². The fourth-order valence-corrected chi connectivity index (χ4v) is 2.37. The zero-order valence-electron chi connectivity index (χ0n) is 12.6. The minimum Gasteiger partial charge on any atom is -0.497 e. The molecule has 0 aliphatic carbocycles. The number of halogens is 1. The fraction of sp³-hybridized carbons (Fsp3) is 0.111. The minimum absolute atomic E-state index is 0.140. The molecule has 0 spiro atoms. The molecule has 0 unspecified atom stereocenters. The van der Waals surface area contributed by atoms with E-state index in [1.807, 2.05) is 36.4 Å². The van der Waals surface area contributed by atoms with E-state index in [-0.39, 0.29) is 5.56 Å². The summed E-state index contributed by atoms with van der Waals surface area (Å²) in [4.78, 5) is 12.0. The van der Waals surface area contributed by atoms with E-state index in [0.717, 1.165) is 22.6 Å². The predicted octanol–water partition coefficient (Wildman–Crippen LogP) is 3.62. The predicted molar refractivity (Wildman–Crippen MR) is 91.0 cm³/mol. The first-order valence-electron chi connectivity index (χ1n) is 7.13. The molecule has 0 saturated carbocycles. The number of rotatable bonds is 4. The summed E-state index contributed by atoms with van der Waals surface area (Å²) in [5.41, 5.74) is 2.49. The van der Waals surface area contributed by atoms with Gasteiger partial charge < -0.3 is 4.74 Å². The maximum atomic E-state index is 12.0. The van der Waals surface area contributed by atoms with Gasteiger partial charge in [-0.25, -0.2) is 4.68 Å². The van der Waals surface area contributed by atoms with Gasteiger partial charge in [-0.3, -0.25) is 4.79 Å². The molecule has 0 aliphatic heterocycles. The number of hydrogen-bond acceptors (Lipinski definition) is 3. The summed E-state index contributed by atoms with van der Waals surface area (Å²) in [6.07, 6.45) is 0. The largest absolute Gasteiger partial charge is 0.497 e. The first-order valence-corrected chi connectivity index (χ1v) is 7.50. The van der Waals surface area contributed by atoms with Crippen LogP contribution in [-0.2, 0) is 6.54 Å². The van der Waals surface area contributed by atoms with Crippen LogP contribution in [0, 0.1) is 0 Å². The Morgan fingerprint density at radius 3 is 2.35 bits per heavy atom. The lowest BCUT2D eigenvalue weighted by Gasteiger charge is -2.08. The molecule has 4 nitrogen and oxygen atoms in total. The number of methoxy groups -OCH3 is 1. The molecule has 1 heterocycles. The molecule has 1 aromatic heterocycles. The van der Waals surface area contributed by atoms with Crippen LogP contribution in [0.4, 0.5) is 0 Å². The third kappa shape index (κ3) is 3.60. The molecular formula is C18H15ClN2O2. The van der Waals surface area contributed by atoms with Gasteiger partial charge in [0.1, 0.15) is 5.75 Å². The summed E-state index contributed by atoms with van der Waals surface area (Å²) in [7, 11) is 1.62. The SMILES string of the molecule is COc1ccc(Cn2nc(-c3ccc(Cl)cc3)ccc2=O)cc1. The van der Waals surface area contributed by atoms with Crippen LogP contribution in [-0.4, -0.2) is 16.9 Å². The fourth-order valence-electron chi connectivity index (χ4n) is 2.24. The smallest absolute Gasteiger partial charge is 0.267 e. The molecule has 0 saturated heterocycles. The van der Waals surface area contributed by atoms with E-state index in [4.69, 9.17) is 16.3 Å². The second-order valence-electron chi connectivity index (χ2n) is 5.07. The summed E-state index contributed by atoms with van der Waals surface area (Å²) < 4.78 is 6.58. The number of benzene rings is 2. The van der Waals surface area contributed by atoms with Crippen LogP contribution >= 0.6 is 11.6 Å². The summed E-state index contributed by atoms with van der Waals surface area (Å²) in [6, 6.07) is 18.2. The highest BCUT2D eigenvalue weighted by Crippen LogP contribution is 2.18. The van der Waals surface area contributed by atoms with Crippen molar-refractivity contribution in [1.29, 1.82) is 0 Å². The highest BCUT2D eigenvalue weighted by Gasteiger charge is 2.05. The number of aromatic nitrogens is 2. The van der Waals surface area contributed by atoms with Gasteiger partial charge in [-0.05, 0) is 35.9 Å². The molecule has 5 heteroatoms. The van der Waals surface area contributed by atoms with E-state index >= 15 is 0 Å². The number of hydrogen-bond donors (Lipinski definition) is 0. The second-order valence-corrected chi connectivity index (χ2v) is 5.51. The zero-order chi connectivity index (χ0) is 16.2. The Balaban J connectivity index is 1.91. The summed E-state index contributed by atoms with van der Waals surface area (Å²) >= 11 is 5.90. The van der Waals surface area contributed by atoms with Crippen molar-refractivity contribution in [2.24, 2.45) is 0 Å². The molecule has 0 atom stereocenters. The topological polar surface area (TPSA) is 44.1 Å². The molecule has 0 bridgehead atoms. The molecule has 0 amide bonds. The number of ether oxygens (including phenoxy) is 1. The monoisotopic (exact) mass is 326 g/mol. The Morgan fingerprint density at radius 1 is 1.00 bits per heavy atom. The van der Waals surface area contributed by atoms with Crippen LogP contribution in [0.2, 0.25) is 5.02 Å². The summed E-state index contributed by atoms with van der Waals surface area (Å²) in [6.45, 7) is 0.407. The van der Waals surface area contributed by atoms with Gasteiger partial charge in [0.25, 0.3) is 5.56 Å². The summed E-state index contributed by atoms with van der Waals surface area (Å²) in [5.74, 6) is 0.781. The van der Waals surface area contributed by atoms with Crippen molar-refractivity contribution in [2.75, 3.05) is 7.11 Å². The van der Waals surface area contributed by atoms with Crippen molar-refractivity contribution in [3.05, 3.63) is 81.6 Å². The van der Waals surface area contributed by atoms with Crippen LogP contribution in [0.1, 0.15) is 5.56 Å². The molecule has 0 aliphatic rings. The quantitative estimate of drug-likeness (QED) is 0.735. The van der Waals surface area contributed by atoms with E-state index in [1.165, 1.54) is 10.7 Å². The van der Waals surface area contributed by atoms with Crippen molar-refractivity contribution in [1.82, 2.24) is 9.78 Å². The normalized spacial score (nSPS) is 10.5. The van der Waals surface area contributed by atoms with E-state index in [9.17, 15) is 4.79 Å². The van der Waals surface area contributed by atoms with Crippen LogP contribution < -0.4 is 10.3 Å². The first kappa shape index (κ1) is 15.3.